The van der Waals surface area contributed by atoms with Gasteiger partial charge in [-0.15, -0.1) is 0 Å². The molecule has 0 amide bonds. The maximum atomic E-state index is 9.19. The maximum Gasteiger partial charge on any atom is 0.134 e. The Morgan fingerprint density at radius 1 is 1.26 bits per heavy atom. The topological polar surface area (TPSA) is 61.3 Å². The van der Waals surface area contributed by atoms with Crippen molar-refractivity contribution in [2.75, 3.05) is 16.8 Å². The van der Waals surface area contributed by atoms with Crippen LogP contribution in [0.2, 0.25) is 0 Å². The van der Waals surface area contributed by atoms with Crippen molar-refractivity contribution in [1.82, 2.24) is 9.97 Å². The van der Waals surface area contributed by atoms with Crippen LogP contribution in [0.25, 0.3) is 0 Å². The lowest BCUT2D eigenvalue weighted by Crippen LogP contribution is -2.49. The number of hydrogen-bond acceptors (Lipinski definition) is 5. The third-order valence-corrected chi connectivity index (χ3v) is 4.40. The zero-order chi connectivity index (χ0) is 16.4. The fourth-order valence-electron chi connectivity index (χ4n) is 3.09. The predicted octanol–water partition coefficient (Wildman–Crippen LogP) is 2.61. The summed E-state index contributed by atoms with van der Waals surface area (Å²) in [6.07, 6.45) is 2.57. The highest BCUT2D eigenvalue weighted by atomic mass is 16.3. The van der Waals surface area contributed by atoms with Crippen LogP contribution in [0.3, 0.4) is 0 Å². The van der Waals surface area contributed by atoms with E-state index in [1.165, 1.54) is 11.1 Å². The normalized spacial score (nSPS) is 17.5. The van der Waals surface area contributed by atoms with Gasteiger partial charge in [0.25, 0.3) is 0 Å². The number of anilines is 2. The molecule has 0 saturated carbocycles. The van der Waals surface area contributed by atoms with E-state index in [1.54, 1.807) is 6.33 Å². The van der Waals surface area contributed by atoms with Crippen LogP contribution < -0.4 is 10.2 Å². The number of nitrogens with one attached hydrogen (secondary N) is 1. The second-order valence-corrected chi connectivity index (χ2v) is 6.83. The Balaban J connectivity index is 1.90. The van der Waals surface area contributed by atoms with E-state index in [0.717, 1.165) is 24.6 Å². The van der Waals surface area contributed by atoms with Crippen LogP contribution in [-0.4, -0.2) is 33.3 Å². The van der Waals surface area contributed by atoms with Gasteiger partial charge in [0.15, 0.2) is 0 Å². The molecule has 2 aromatic rings. The molecule has 1 atom stereocenters. The molecule has 5 heteroatoms. The number of nitrogens with zero attached hydrogens (tertiary/aromatic N) is 3. The van der Waals surface area contributed by atoms with Crippen molar-refractivity contribution in [2.24, 2.45) is 0 Å². The number of hydrogen-bond donors (Lipinski definition) is 2. The molecule has 0 bridgehead atoms. The lowest BCUT2D eigenvalue weighted by atomic mass is 9.85. The molecule has 2 heterocycles. The van der Waals surface area contributed by atoms with Crippen molar-refractivity contribution < 1.29 is 5.11 Å². The summed E-state index contributed by atoms with van der Waals surface area (Å²) in [5, 5.41) is 12.4. The minimum atomic E-state index is -0.0344. The number of aliphatic hydroxyl groups is 1. The first-order valence-electron chi connectivity index (χ1n) is 8.03. The monoisotopic (exact) mass is 312 g/mol. The fourth-order valence-corrected chi connectivity index (χ4v) is 3.09. The van der Waals surface area contributed by atoms with Gasteiger partial charge < -0.3 is 15.3 Å². The minimum Gasteiger partial charge on any atom is -0.394 e. The number of aromatic nitrogens is 2. The maximum absolute atomic E-state index is 9.19. The van der Waals surface area contributed by atoms with Crippen LogP contribution in [0.1, 0.15) is 31.9 Å². The summed E-state index contributed by atoms with van der Waals surface area (Å²) in [4.78, 5) is 11.1. The zero-order valence-corrected chi connectivity index (χ0v) is 14.0. The Bertz CT molecular complexity index is 686. The summed E-state index contributed by atoms with van der Waals surface area (Å²) in [6.45, 7) is 7.32. The summed E-state index contributed by atoms with van der Waals surface area (Å²) < 4.78 is 0. The number of benzene rings is 1. The molecule has 1 aromatic carbocycles. The highest BCUT2D eigenvalue weighted by Gasteiger charge is 2.33. The molecule has 0 radical (unpaired) electrons. The van der Waals surface area contributed by atoms with Crippen LogP contribution in [0, 0.1) is 0 Å². The molecule has 122 valence electrons. The summed E-state index contributed by atoms with van der Waals surface area (Å²) in [6, 6.07) is 10.5. The highest BCUT2D eigenvalue weighted by molar-refractivity contribution is 5.53. The van der Waals surface area contributed by atoms with Gasteiger partial charge in [-0.05, 0) is 38.3 Å². The molecule has 1 aromatic heterocycles. The molecular formula is C18H24N4O. The first-order valence-corrected chi connectivity index (χ1v) is 8.03. The van der Waals surface area contributed by atoms with Crippen LogP contribution in [-0.2, 0) is 13.0 Å². The average Bonchev–Trinajstić information content (AvgIpc) is 2.53. The third kappa shape index (κ3) is 3.29. The van der Waals surface area contributed by atoms with Gasteiger partial charge in [-0.1, -0.05) is 24.3 Å². The molecule has 0 aliphatic carbocycles. The second kappa shape index (κ2) is 6.16. The number of fused-ring (bicyclic) bond motifs is 1. The van der Waals surface area contributed by atoms with Crippen LogP contribution in [0.4, 0.5) is 11.6 Å². The molecule has 0 spiro atoms. The van der Waals surface area contributed by atoms with E-state index in [4.69, 9.17) is 0 Å². The summed E-state index contributed by atoms with van der Waals surface area (Å²) >= 11 is 0. The Hall–Kier alpha value is -2.14. The van der Waals surface area contributed by atoms with E-state index < -0.39 is 0 Å². The van der Waals surface area contributed by atoms with Gasteiger partial charge in [-0.2, -0.15) is 0 Å². The van der Waals surface area contributed by atoms with E-state index in [0.29, 0.717) is 0 Å². The van der Waals surface area contributed by atoms with Crippen LogP contribution >= 0.6 is 0 Å². The fraction of sp³-hybridized carbons (Fsp3) is 0.444. The van der Waals surface area contributed by atoms with Gasteiger partial charge in [-0.3, -0.25) is 0 Å². The van der Waals surface area contributed by atoms with Gasteiger partial charge in [0, 0.05) is 24.2 Å². The van der Waals surface area contributed by atoms with Crippen molar-refractivity contribution in [3.63, 3.8) is 0 Å². The predicted molar refractivity (Wildman–Crippen MR) is 92.6 cm³/mol. The minimum absolute atomic E-state index is 0.0113. The molecule has 1 aliphatic heterocycles. The van der Waals surface area contributed by atoms with Crippen molar-refractivity contribution in [1.29, 1.82) is 0 Å². The molecule has 0 unspecified atom stereocenters. The van der Waals surface area contributed by atoms with Crippen molar-refractivity contribution >= 4 is 11.6 Å². The molecule has 2 N–H and O–H groups in total. The zero-order valence-electron chi connectivity index (χ0n) is 14.0. The lowest BCUT2D eigenvalue weighted by molar-refractivity contribution is 0.281. The quantitative estimate of drug-likeness (QED) is 0.909. The van der Waals surface area contributed by atoms with Gasteiger partial charge in [0.05, 0.1) is 6.61 Å². The van der Waals surface area contributed by atoms with Gasteiger partial charge >= 0.3 is 0 Å². The van der Waals surface area contributed by atoms with E-state index in [9.17, 15) is 5.11 Å². The Labute approximate surface area is 137 Å². The van der Waals surface area contributed by atoms with Gasteiger partial charge in [0.2, 0.25) is 0 Å². The summed E-state index contributed by atoms with van der Waals surface area (Å²) in [7, 11) is 0. The van der Waals surface area contributed by atoms with Gasteiger partial charge in [0.1, 0.15) is 18.0 Å². The van der Waals surface area contributed by atoms with Crippen LogP contribution in [0.15, 0.2) is 36.7 Å². The van der Waals surface area contributed by atoms with Crippen molar-refractivity contribution in [3.8, 4) is 0 Å². The Kier molecular flexibility index (Phi) is 4.22. The molecule has 23 heavy (non-hydrogen) atoms. The van der Waals surface area contributed by atoms with E-state index >= 15 is 0 Å². The lowest BCUT2D eigenvalue weighted by Gasteiger charge is -2.44. The third-order valence-electron chi connectivity index (χ3n) is 4.40. The smallest absolute Gasteiger partial charge is 0.134 e. The van der Waals surface area contributed by atoms with Gasteiger partial charge in [-0.25, -0.2) is 9.97 Å². The summed E-state index contributed by atoms with van der Waals surface area (Å²) in [5.41, 5.74) is 2.75. The van der Waals surface area contributed by atoms with Crippen LogP contribution in [0.5, 0.6) is 0 Å². The van der Waals surface area contributed by atoms with E-state index in [-0.39, 0.29) is 18.2 Å². The standard InChI is InChI=1S/C18H24N4O/c1-13(11-23)21-16-8-17(20-12-19-16)22-10-15-7-5-4-6-14(15)9-18(22,2)3/h4-8,12-13,23H,9-11H2,1-3H3,(H,19,20,21)/t13-/m1/s1. The van der Waals surface area contributed by atoms with E-state index in [1.807, 2.05) is 13.0 Å². The first-order chi connectivity index (χ1) is 11.0. The molecule has 0 fully saturated rings. The van der Waals surface area contributed by atoms with Crippen molar-refractivity contribution in [2.45, 2.75) is 45.3 Å². The number of rotatable bonds is 4. The van der Waals surface area contributed by atoms with E-state index in [2.05, 4.69) is 58.3 Å². The molecule has 3 rings (SSSR count). The largest absolute Gasteiger partial charge is 0.394 e. The molecule has 5 nitrogen and oxygen atoms in total. The SMILES string of the molecule is C[C@H](CO)Nc1cc(N2Cc3ccccc3CC2(C)C)ncn1. The van der Waals surface area contributed by atoms with Crippen molar-refractivity contribution in [3.05, 3.63) is 47.8 Å². The molecule has 1 aliphatic rings. The first kappa shape index (κ1) is 15.7. The Morgan fingerprint density at radius 3 is 2.74 bits per heavy atom. The highest BCUT2D eigenvalue weighted by Crippen LogP contribution is 2.34. The Morgan fingerprint density at radius 2 is 2.00 bits per heavy atom. The summed E-state index contributed by atoms with van der Waals surface area (Å²) in [5.74, 6) is 1.65. The second-order valence-electron chi connectivity index (χ2n) is 6.83. The number of aliphatic hydroxyl groups excluding tert-OH is 1. The average molecular weight is 312 g/mol. The molecule has 0 saturated heterocycles. The molecular weight excluding hydrogens is 288 g/mol.